The molecule has 100 valence electrons. The molecule has 0 aliphatic carbocycles. The molecule has 19 heavy (non-hydrogen) atoms. The van der Waals surface area contributed by atoms with Crippen LogP contribution in [0.2, 0.25) is 0 Å². The van der Waals surface area contributed by atoms with Gasteiger partial charge in [-0.1, -0.05) is 24.3 Å². The summed E-state index contributed by atoms with van der Waals surface area (Å²) in [5, 5.41) is 0. The Morgan fingerprint density at radius 2 is 1.84 bits per heavy atom. The van der Waals surface area contributed by atoms with Crippen molar-refractivity contribution in [3.63, 3.8) is 0 Å². The third-order valence-corrected chi connectivity index (χ3v) is 3.86. The van der Waals surface area contributed by atoms with Crippen molar-refractivity contribution >= 4 is 15.7 Å². The Labute approximate surface area is 112 Å². The SMILES string of the molecule is NCc1ccccc1CS(=O)(=O)Nc1cccnc1. The molecule has 1 heterocycles. The minimum absolute atomic E-state index is 0.102. The van der Waals surface area contributed by atoms with E-state index >= 15 is 0 Å². The molecule has 0 amide bonds. The van der Waals surface area contributed by atoms with Crippen molar-refractivity contribution < 1.29 is 8.42 Å². The highest BCUT2D eigenvalue weighted by atomic mass is 32.2. The van der Waals surface area contributed by atoms with E-state index in [0.717, 1.165) is 5.56 Å². The van der Waals surface area contributed by atoms with Crippen LogP contribution < -0.4 is 10.5 Å². The molecular formula is C13H15N3O2S. The minimum Gasteiger partial charge on any atom is -0.326 e. The second kappa shape index (κ2) is 5.81. The van der Waals surface area contributed by atoms with E-state index in [1.165, 1.54) is 6.20 Å². The normalized spacial score (nSPS) is 11.2. The van der Waals surface area contributed by atoms with Crippen LogP contribution in [0.5, 0.6) is 0 Å². The van der Waals surface area contributed by atoms with Gasteiger partial charge in [0.1, 0.15) is 0 Å². The van der Waals surface area contributed by atoms with Crippen LogP contribution in [-0.2, 0) is 22.3 Å². The molecule has 1 aromatic heterocycles. The van der Waals surface area contributed by atoms with E-state index in [-0.39, 0.29) is 5.75 Å². The van der Waals surface area contributed by atoms with Crippen LogP contribution in [0.25, 0.3) is 0 Å². The Hall–Kier alpha value is -1.92. The van der Waals surface area contributed by atoms with E-state index in [9.17, 15) is 8.42 Å². The van der Waals surface area contributed by atoms with Gasteiger partial charge in [0.05, 0.1) is 17.6 Å². The summed E-state index contributed by atoms with van der Waals surface area (Å²) in [6.07, 6.45) is 3.05. The number of sulfonamides is 1. The molecule has 1 aromatic carbocycles. The molecule has 0 radical (unpaired) electrons. The number of nitrogens with zero attached hydrogens (tertiary/aromatic N) is 1. The molecule has 5 nitrogen and oxygen atoms in total. The van der Waals surface area contributed by atoms with Crippen LogP contribution in [0.1, 0.15) is 11.1 Å². The number of rotatable bonds is 5. The number of hydrogen-bond donors (Lipinski definition) is 2. The van der Waals surface area contributed by atoms with Gasteiger partial charge in [-0.05, 0) is 23.3 Å². The van der Waals surface area contributed by atoms with Crippen molar-refractivity contribution in [2.45, 2.75) is 12.3 Å². The van der Waals surface area contributed by atoms with Gasteiger partial charge in [0.15, 0.2) is 0 Å². The van der Waals surface area contributed by atoms with Crippen molar-refractivity contribution in [2.24, 2.45) is 5.73 Å². The van der Waals surface area contributed by atoms with E-state index in [2.05, 4.69) is 9.71 Å². The molecule has 0 aliphatic rings. The lowest BCUT2D eigenvalue weighted by Gasteiger charge is -2.10. The van der Waals surface area contributed by atoms with Crippen LogP contribution in [-0.4, -0.2) is 13.4 Å². The highest BCUT2D eigenvalue weighted by Gasteiger charge is 2.13. The van der Waals surface area contributed by atoms with Gasteiger partial charge in [-0.15, -0.1) is 0 Å². The smallest absolute Gasteiger partial charge is 0.236 e. The van der Waals surface area contributed by atoms with Crippen LogP contribution in [0.4, 0.5) is 5.69 Å². The van der Waals surface area contributed by atoms with Gasteiger partial charge in [0.2, 0.25) is 10.0 Å². The summed E-state index contributed by atoms with van der Waals surface area (Å²) in [5.74, 6) is -0.102. The predicted octanol–water partition coefficient (Wildman–Crippen LogP) is 1.48. The summed E-state index contributed by atoms with van der Waals surface area (Å²) < 4.78 is 26.6. The zero-order chi connectivity index (χ0) is 13.7. The summed E-state index contributed by atoms with van der Waals surface area (Å²) in [4.78, 5) is 3.86. The molecular weight excluding hydrogens is 262 g/mol. The zero-order valence-corrected chi connectivity index (χ0v) is 11.1. The lowest BCUT2D eigenvalue weighted by molar-refractivity contribution is 0.600. The van der Waals surface area contributed by atoms with E-state index < -0.39 is 10.0 Å². The number of anilines is 1. The fourth-order valence-corrected chi connectivity index (χ4v) is 2.98. The number of pyridine rings is 1. The first kappa shape index (κ1) is 13.5. The van der Waals surface area contributed by atoms with Crippen LogP contribution in [0.3, 0.4) is 0 Å². The highest BCUT2D eigenvalue weighted by molar-refractivity contribution is 7.91. The number of nitrogens with one attached hydrogen (secondary N) is 1. The number of benzene rings is 1. The third kappa shape index (κ3) is 3.77. The van der Waals surface area contributed by atoms with Crippen molar-refractivity contribution in [1.29, 1.82) is 0 Å². The monoisotopic (exact) mass is 277 g/mol. The van der Waals surface area contributed by atoms with Crippen LogP contribution in [0, 0.1) is 0 Å². The summed E-state index contributed by atoms with van der Waals surface area (Å²) >= 11 is 0. The van der Waals surface area contributed by atoms with E-state index in [0.29, 0.717) is 17.8 Å². The molecule has 2 rings (SSSR count). The predicted molar refractivity (Wildman–Crippen MR) is 74.8 cm³/mol. The highest BCUT2D eigenvalue weighted by Crippen LogP contribution is 2.14. The molecule has 0 fully saturated rings. The quantitative estimate of drug-likeness (QED) is 0.867. The minimum atomic E-state index is -3.47. The molecule has 6 heteroatoms. The molecule has 0 atom stereocenters. The lowest BCUT2D eigenvalue weighted by Crippen LogP contribution is -2.16. The van der Waals surface area contributed by atoms with Gasteiger partial charge < -0.3 is 5.73 Å². The second-order valence-electron chi connectivity index (χ2n) is 4.08. The van der Waals surface area contributed by atoms with Crippen LogP contribution in [0.15, 0.2) is 48.8 Å². The maximum Gasteiger partial charge on any atom is 0.236 e. The van der Waals surface area contributed by atoms with Gasteiger partial charge in [-0.3, -0.25) is 9.71 Å². The molecule has 2 aromatic rings. The fraction of sp³-hybridized carbons (Fsp3) is 0.154. The largest absolute Gasteiger partial charge is 0.326 e. The molecule has 0 saturated heterocycles. The maximum absolute atomic E-state index is 12.1. The van der Waals surface area contributed by atoms with Gasteiger partial charge in [-0.2, -0.15) is 0 Å². The van der Waals surface area contributed by atoms with Crippen molar-refractivity contribution in [3.05, 3.63) is 59.9 Å². The third-order valence-electron chi connectivity index (χ3n) is 2.62. The zero-order valence-electron chi connectivity index (χ0n) is 10.3. The number of hydrogen-bond acceptors (Lipinski definition) is 4. The Morgan fingerprint density at radius 3 is 2.47 bits per heavy atom. The molecule has 3 N–H and O–H groups in total. The first-order valence-electron chi connectivity index (χ1n) is 5.78. The van der Waals surface area contributed by atoms with Crippen LogP contribution >= 0.6 is 0 Å². The van der Waals surface area contributed by atoms with E-state index in [1.807, 2.05) is 12.1 Å². The fourth-order valence-electron chi connectivity index (χ4n) is 1.74. The summed E-state index contributed by atoms with van der Waals surface area (Å²) in [5.41, 5.74) is 7.59. The maximum atomic E-state index is 12.1. The average molecular weight is 277 g/mol. The standard InChI is InChI=1S/C13H15N3O2S/c14-8-11-4-1-2-5-12(11)10-19(17,18)16-13-6-3-7-15-9-13/h1-7,9,16H,8,10,14H2. The van der Waals surface area contributed by atoms with Crippen molar-refractivity contribution in [2.75, 3.05) is 4.72 Å². The van der Waals surface area contributed by atoms with E-state index in [4.69, 9.17) is 5.73 Å². The Morgan fingerprint density at radius 1 is 1.11 bits per heavy atom. The molecule has 0 bridgehead atoms. The van der Waals surface area contributed by atoms with E-state index in [1.54, 1.807) is 30.5 Å². The first-order chi connectivity index (χ1) is 9.11. The molecule has 0 unspecified atom stereocenters. The van der Waals surface area contributed by atoms with Gasteiger partial charge >= 0.3 is 0 Å². The number of nitrogens with two attached hydrogens (primary N) is 1. The average Bonchev–Trinajstić information content (AvgIpc) is 2.39. The Bertz CT molecular complexity index is 642. The molecule has 0 spiro atoms. The second-order valence-corrected chi connectivity index (χ2v) is 5.80. The lowest BCUT2D eigenvalue weighted by atomic mass is 10.1. The number of aromatic nitrogens is 1. The Balaban J connectivity index is 2.18. The molecule has 0 saturated carbocycles. The topological polar surface area (TPSA) is 85.1 Å². The first-order valence-corrected chi connectivity index (χ1v) is 7.43. The van der Waals surface area contributed by atoms with Crippen molar-refractivity contribution in [1.82, 2.24) is 4.98 Å². The molecule has 0 aliphatic heterocycles. The van der Waals surface area contributed by atoms with Gasteiger partial charge in [-0.25, -0.2) is 8.42 Å². The van der Waals surface area contributed by atoms with Crippen molar-refractivity contribution in [3.8, 4) is 0 Å². The summed E-state index contributed by atoms with van der Waals surface area (Å²) in [6.45, 7) is 0.318. The summed E-state index contributed by atoms with van der Waals surface area (Å²) in [6, 6.07) is 10.6. The van der Waals surface area contributed by atoms with Gasteiger partial charge in [0.25, 0.3) is 0 Å². The Kier molecular flexibility index (Phi) is 4.13. The van der Waals surface area contributed by atoms with Gasteiger partial charge in [0, 0.05) is 12.7 Å². The summed E-state index contributed by atoms with van der Waals surface area (Å²) in [7, 11) is -3.47.